The van der Waals surface area contributed by atoms with Gasteiger partial charge in [0.15, 0.2) is 0 Å². The van der Waals surface area contributed by atoms with Crippen molar-refractivity contribution in [3.63, 3.8) is 0 Å². The quantitative estimate of drug-likeness (QED) is 0.787. The maximum absolute atomic E-state index is 8.64. The van der Waals surface area contributed by atoms with Crippen LogP contribution in [-0.2, 0) is 6.54 Å². The number of thiazole rings is 1. The molecule has 0 bridgehead atoms. The standard InChI is InChI=1S/C12H17N3S/c1-9-10(2)16-12(14-9)8-15(7-3-6-13)11-4-5-11/h11H,3-5,7-8H2,1-2H3. The van der Waals surface area contributed by atoms with Crippen LogP contribution in [0.4, 0.5) is 0 Å². The molecule has 0 amide bonds. The summed E-state index contributed by atoms with van der Waals surface area (Å²) in [6.45, 7) is 5.99. The lowest BCUT2D eigenvalue weighted by molar-refractivity contribution is 0.260. The van der Waals surface area contributed by atoms with Gasteiger partial charge in [-0.05, 0) is 26.7 Å². The number of nitriles is 1. The van der Waals surface area contributed by atoms with Gasteiger partial charge in [-0.25, -0.2) is 4.98 Å². The van der Waals surface area contributed by atoms with E-state index >= 15 is 0 Å². The van der Waals surface area contributed by atoms with Gasteiger partial charge >= 0.3 is 0 Å². The third-order valence-corrected chi connectivity index (χ3v) is 4.04. The summed E-state index contributed by atoms with van der Waals surface area (Å²) in [4.78, 5) is 8.28. The van der Waals surface area contributed by atoms with E-state index in [4.69, 9.17) is 5.26 Å². The Labute approximate surface area is 101 Å². The molecule has 4 heteroatoms. The Hall–Kier alpha value is -0.920. The molecule has 1 heterocycles. The molecule has 0 aliphatic heterocycles. The summed E-state index contributed by atoms with van der Waals surface area (Å²) in [5, 5.41) is 9.84. The molecule has 1 fully saturated rings. The highest BCUT2D eigenvalue weighted by Gasteiger charge is 2.29. The van der Waals surface area contributed by atoms with Crippen molar-refractivity contribution in [1.82, 2.24) is 9.88 Å². The minimum Gasteiger partial charge on any atom is -0.293 e. The van der Waals surface area contributed by atoms with Crippen LogP contribution in [0.5, 0.6) is 0 Å². The summed E-state index contributed by atoms with van der Waals surface area (Å²) in [5.74, 6) is 0. The van der Waals surface area contributed by atoms with Crippen LogP contribution in [0, 0.1) is 25.2 Å². The van der Waals surface area contributed by atoms with Crippen molar-refractivity contribution in [2.24, 2.45) is 0 Å². The molecular weight excluding hydrogens is 218 g/mol. The first-order valence-electron chi connectivity index (χ1n) is 5.74. The zero-order valence-electron chi connectivity index (χ0n) is 9.86. The van der Waals surface area contributed by atoms with Gasteiger partial charge < -0.3 is 0 Å². The topological polar surface area (TPSA) is 39.9 Å². The van der Waals surface area contributed by atoms with E-state index in [1.54, 1.807) is 11.3 Å². The smallest absolute Gasteiger partial charge is 0.107 e. The van der Waals surface area contributed by atoms with Crippen LogP contribution in [0.3, 0.4) is 0 Å². The van der Waals surface area contributed by atoms with Gasteiger partial charge in [-0.2, -0.15) is 5.26 Å². The number of nitrogens with zero attached hydrogens (tertiary/aromatic N) is 3. The summed E-state index contributed by atoms with van der Waals surface area (Å²) >= 11 is 1.79. The van der Waals surface area contributed by atoms with Crippen molar-refractivity contribution in [2.75, 3.05) is 6.54 Å². The van der Waals surface area contributed by atoms with Gasteiger partial charge in [0.05, 0.1) is 18.3 Å². The maximum atomic E-state index is 8.64. The van der Waals surface area contributed by atoms with Gasteiger partial charge in [0.2, 0.25) is 0 Å². The number of hydrogen-bond donors (Lipinski definition) is 0. The van der Waals surface area contributed by atoms with Gasteiger partial charge in [-0.15, -0.1) is 11.3 Å². The third-order valence-electron chi connectivity index (χ3n) is 2.99. The van der Waals surface area contributed by atoms with Gasteiger partial charge in [-0.3, -0.25) is 4.90 Å². The Balaban J connectivity index is 1.97. The van der Waals surface area contributed by atoms with Crippen molar-refractivity contribution in [3.05, 3.63) is 15.6 Å². The van der Waals surface area contributed by atoms with Crippen molar-refractivity contribution in [2.45, 2.75) is 45.7 Å². The van der Waals surface area contributed by atoms with E-state index in [1.807, 2.05) is 0 Å². The number of aromatic nitrogens is 1. The zero-order chi connectivity index (χ0) is 11.5. The minimum atomic E-state index is 0.625. The molecule has 86 valence electrons. The molecule has 0 aromatic carbocycles. The monoisotopic (exact) mass is 235 g/mol. The summed E-state index contributed by atoms with van der Waals surface area (Å²) in [5.41, 5.74) is 1.15. The van der Waals surface area contributed by atoms with Crippen LogP contribution >= 0.6 is 11.3 Å². The van der Waals surface area contributed by atoms with Crippen LogP contribution in [-0.4, -0.2) is 22.5 Å². The molecule has 1 aliphatic rings. The van der Waals surface area contributed by atoms with Crippen molar-refractivity contribution in [3.8, 4) is 6.07 Å². The number of aryl methyl sites for hydroxylation is 2. The van der Waals surface area contributed by atoms with E-state index in [0.29, 0.717) is 12.5 Å². The average molecular weight is 235 g/mol. The molecule has 1 aliphatic carbocycles. The van der Waals surface area contributed by atoms with Gasteiger partial charge in [0.25, 0.3) is 0 Å². The highest BCUT2D eigenvalue weighted by Crippen LogP contribution is 2.29. The van der Waals surface area contributed by atoms with Crippen molar-refractivity contribution >= 4 is 11.3 Å². The molecular formula is C12H17N3S. The lowest BCUT2D eigenvalue weighted by atomic mass is 10.4. The molecule has 0 saturated heterocycles. The van der Waals surface area contributed by atoms with E-state index in [2.05, 4.69) is 29.8 Å². The van der Waals surface area contributed by atoms with Crippen molar-refractivity contribution < 1.29 is 0 Å². The second kappa shape index (κ2) is 4.94. The third kappa shape index (κ3) is 2.81. The van der Waals surface area contributed by atoms with E-state index in [9.17, 15) is 0 Å². The molecule has 0 N–H and O–H groups in total. The first-order chi connectivity index (χ1) is 7.70. The fourth-order valence-corrected chi connectivity index (χ4v) is 2.76. The van der Waals surface area contributed by atoms with Gasteiger partial charge in [-0.1, -0.05) is 0 Å². The molecule has 1 saturated carbocycles. The zero-order valence-corrected chi connectivity index (χ0v) is 10.7. The van der Waals surface area contributed by atoms with Crippen LogP contribution in [0.15, 0.2) is 0 Å². The van der Waals surface area contributed by atoms with Crippen LogP contribution in [0.2, 0.25) is 0 Å². The minimum absolute atomic E-state index is 0.625. The molecule has 1 aromatic rings. The van der Waals surface area contributed by atoms with Crippen LogP contribution < -0.4 is 0 Å². The molecule has 1 aromatic heterocycles. The van der Waals surface area contributed by atoms with Gasteiger partial charge in [0, 0.05) is 23.9 Å². The van der Waals surface area contributed by atoms with E-state index in [0.717, 1.165) is 18.8 Å². The summed E-state index contributed by atoms with van der Waals surface area (Å²) in [6, 6.07) is 2.93. The van der Waals surface area contributed by atoms with Crippen LogP contribution in [0.25, 0.3) is 0 Å². The van der Waals surface area contributed by atoms with Gasteiger partial charge in [0.1, 0.15) is 5.01 Å². The van der Waals surface area contributed by atoms with Crippen LogP contribution in [0.1, 0.15) is 34.8 Å². The van der Waals surface area contributed by atoms with Crippen molar-refractivity contribution in [1.29, 1.82) is 5.26 Å². The highest BCUT2D eigenvalue weighted by molar-refractivity contribution is 7.11. The maximum Gasteiger partial charge on any atom is 0.107 e. The normalized spacial score (nSPS) is 15.4. The Bertz CT molecular complexity index is 381. The Kier molecular flexibility index (Phi) is 3.57. The predicted octanol–water partition coefficient (Wildman–Crippen LogP) is 2.64. The molecule has 0 spiro atoms. The lowest BCUT2D eigenvalue weighted by Crippen LogP contribution is -2.26. The predicted molar refractivity (Wildman–Crippen MR) is 65.3 cm³/mol. The Morgan fingerprint density at radius 1 is 1.50 bits per heavy atom. The SMILES string of the molecule is Cc1nc(CN(CCC#N)C2CC2)sc1C. The molecule has 0 unspecified atom stereocenters. The van der Waals surface area contributed by atoms with E-state index in [1.165, 1.54) is 22.7 Å². The Morgan fingerprint density at radius 3 is 2.75 bits per heavy atom. The van der Waals surface area contributed by atoms with E-state index < -0.39 is 0 Å². The molecule has 0 radical (unpaired) electrons. The molecule has 2 rings (SSSR count). The average Bonchev–Trinajstić information content (AvgIpc) is 3.03. The first kappa shape index (κ1) is 11.6. The largest absolute Gasteiger partial charge is 0.293 e. The lowest BCUT2D eigenvalue weighted by Gasteiger charge is -2.18. The second-order valence-electron chi connectivity index (χ2n) is 4.36. The summed E-state index contributed by atoms with van der Waals surface area (Å²) < 4.78 is 0. The first-order valence-corrected chi connectivity index (χ1v) is 6.56. The molecule has 3 nitrogen and oxygen atoms in total. The number of rotatable bonds is 5. The molecule has 16 heavy (non-hydrogen) atoms. The number of hydrogen-bond acceptors (Lipinski definition) is 4. The molecule has 0 atom stereocenters. The summed E-state index contributed by atoms with van der Waals surface area (Å²) in [6.07, 6.45) is 3.20. The summed E-state index contributed by atoms with van der Waals surface area (Å²) in [7, 11) is 0. The fraction of sp³-hybridized carbons (Fsp3) is 0.667. The Morgan fingerprint density at radius 2 is 2.25 bits per heavy atom. The fourth-order valence-electron chi connectivity index (χ4n) is 1.80. The van der Waals surface area contributed by atoms with E-state index in [-0.39, 0.29) is 0 Å². The highest BCUT2D eigenvalue weighted by atomic mass is 32.1. The second-order valence-corrected chi connectivity index (χ2v) is 5.65.